The molecule has 1 heterocycles. The largest absolute Gasteiger partial charge is 0.482 e. The summed E-state index contributed by atoms with van der Waals surface area (Å²) in [6.45, 7) is 4.95. The Morgan fingerprint density at radius 3 is 2.84 bits per heavy atom. The summed E-state index contributed by atoms with van der Waals surface area (Å²) in [6.07, 6.45) is 0. The number of methoxy groups -OCH3 is 1. The van der Waals surface area contributed by atoms with Crippen LogP contribution < -0.4 is 15.4 Å². The van der Waals surface area contributed by atoms with Crippen molar-refractivity contribution in [2.24, 2.45) is 5.73 Å². The lowest BCUT2D eigenvalue weighted by atomic mass is 9.84. The van der Waals surface area contributed by atoms with E-state index in [0.717, 1.165) is 11.3 Å². The molecule has 0 saturated heterocycles. The molecule has 0 aliphatic carbocycles. The lowest BCUT2D eigenvalue weighted by Gasteiger charge is -2.31. The monoisotopic (exact) mass is 264 g/mol. The van der Waals surface area contributed by atoms with Crippen LogP contribution in [0, 0.1) is 0 Å². The Hall–Kier alpha value is -1.59. The Morgan fingerprint density at radius 2 is 2.21 bits per heavy atom. The van der Waals surface area contributed by atoms with Gasteiger partial charge in [-0.2, -0.15) is 0 Å². The number of carbonyl (C=O) groups excluding carboxylic acids is 1. The molecule has 2 N–H and O–H groups in total. The number of fused-ring (bicyclic) bond motifs is 1. The van der Waals surface area contributed by atoms with Crippen LogP contribution in [-0.4, -0.2) is 32.9 Å². The van der Waals surface area contributed by atoms with Crippen LogP contribution in [0.2, 0.25) is 0 Å². The fraction of sp³-hybridized carbons (Fsp3) is 0.500. The molecule has 104 valence electrons. The van der Waals surface area contributed by atoms with E-state index < -0.39 is 0 Å². The average molecular weight is 264 g/mol. The molecule has 1 aromatic rings. The molecule has 1 aliphatic rings. The molecule has 5 nitrogen and oxygen atoms in total. The Labute approximate surface area is 113 Å². The summed E-state index contributed by atoms with van der Waals surface area (Å²) in [5.74, 6) is 0.602. The molecule has 0 unspecified atom stereocenters. The van der Waals surface area contributed by atoms with Crippen LogP contribution in [-0.2, 0) is 14.9 Å². The van der Waals surface area contributed by atoms with Gasteiger partial charge in [-0.3, -0.25) is 9.69 Å². The molecule has 0 spiro atoms. The summed E-state index contributed by atoms with van der Waals surface area (Å²) < 4.78 is 10.5. The van der Waals surface area contributed by atoms with E-state index in [1.54, 1.807) is 12.0 Å². The number of hydrogen-bond acceptors (Lipinski definition) is 4. The Balaban J connectivity index is 2.44. The van der Waals surface area contributed by atoms with Crippen molar-refractivity contribution in [3.8, 4) is 5.75 Å². The number of rotatable bonds is 4. The molecule has 0 aromatic heterocycles. The van der Waals surface area contributed by atoms with Crippen molar-refractivity contribution in [3.63, 3.8) is 0 Å². The number of carbonyl (C=O) groups is 1. The van der Waals surface area contributed by atoms with Gasteiger partial charge < -0.3 is 15.2 Å². The molecular weight excluding hydrogens is 244 g/mol. The third kappa shape index (κ3) is 2.57. The molecule has 1 amide bonds. The van der Waals surface area contributed by atoms with E-state index in [-0.39, 0.29) is 24.7 Å². The second-order valence-electron chi connectivity index (χ2n) is 5.30. The minimum Gasteiger partial charge on any atom is -0.482 e. The van der Waals surface area contributed by atoms with Crippen molar-refractivity contribution >= 4 is 11.6 Å². The van der Waals surface area contributed by atoms with Gasteiger partial charge in [0.15, 0.2) is 6.61 Å². The highest BCUT2D eigenvalue weighted by Crippen LogP contribution is 2.36. The maximum absolute atomic E-state index is 11.9. The zero-order valence-corrected chi connectivity index (χ0v) is 11.6. The second kappa shape index (κ2) is 5.19. The summed E-state index contributed by atoms with van der Waals surface area (Å²) >= 11 is 0. The minimum atomic E-state index is -0.145. The van der Waals surface area contributed by atoms with Gasteiger partial charge in [0, 0.05) is 19.1 Å². The van der Waals surface area contributed by atoms with Crippen molar-refractivity contribution in [1.29, 1.82) is 0 Å². The van der Waals surface area contributed by atoms with Gasteiger partial charge in [0.05, 0.1) is 5.69 Å². The van der Waals surface area contributed by atoms with Crippen LogP contribution in [0.15, 0.2) is 18.2 Å². The predicted molar refractivity (Wildman–Crippen MR) is 73.4 cm³/mol. The van der Waals surface area contributed by atoms with Gasteiger partial charge in [0.1, 0.15) is 12.5 Å². The quantitative estimate of drug-likeness (QED) is 0.889. The van der Waals surface area contributed by atoms with Crippen LogP contribution in [0.25, 0.3) is 0 Å². The van der Waals surface area contributed by atoms with Crippen LogP contribution in [0.1, 0.15) is 19.4 Å². The number of nitrogens with two attached hydrogens (primary N) is 1. The third-order valence-electron chi connectivity index (χ3n) is 3.45. The van der Waals surface area contributed by atoms with Gasteiger partial charge >= 0.3 is 0 Å². The van der Waals surface area contributed by atoms with E-state index >= 15 is 0 Å². The SMILES string of the molecule is COCN1C(=O)COc2ccc(C(C)(C)CN)cc21. The minimum absolute atomic E-state index is 0.0516. The molecule has 0 bridgehead atoms. The first-order valence-electron chi connectivity index (χ1n) is 6.26. The first kappa shape index (κ1) is 13.8. The van der Waals surface area contributed by atoms with Crippen LogP contribution in [0.3, 0.4) is 0 Å². The molecule has 2 rings (SSSR count). The van der Waals surface area contributed by atoms with Gasteiger partial charge in [-0.15, -0.1) is 0 Å². The molecule has 5 heteroatoms. The van der Waals surface area contributed by atoms with Crippen LogP contribution in [0.4, 0.5) is 5.69 Å². The number of amides is 1. The van der Waals surface area contributed by atoms with Gasteiger partial charge in [0.25, 0.3) is 5.91 Å². The lowest BCUT2D eigenvalue weighted by Crippen LogP contribution is -2.40. The zero-order valence-electron chi connectivity index (χ0n) is 11.6. The first-order valence-corrected chi connectivity index (χ1v) is 6.26. The normalized spacial score (nSPS) is 15.2. The van der Waals surface area contributed by atoms with Crippen LogP contribution >= 0.6 is 0 Å². The van der Waals surface area contributed by atoms with Crippen molar-refractivity contribution in [2.45, 2.75) is 19.3 Å². The summed E-state index contributed by atoms with van der Waals surface area (Å²) in [5, 5.41) is 0. The predicted octanol–water partition coefficient (Wildman–Crippen LogP) is 1.25. The summed E-state index contributed by atoms with van der Waals surface area (Å²) in [6, 6.07) is 5.84. The van der Waals surface area contributed by atoms with E-state index in [9.17, 15) is 4.79 Å². The lowest BCUT2D eigenvalue weighted by molar-refractivity contribution is -0.122. The Kier molecular flexibility index (Phi) is 3.78. The number of hydrogen-bond donors (Lipinski definition) is 1. The maximum atomic E-state index is 11.9. The van der Waals surface area contributed by atoms with E-state index in [1.165, 1.54) is 0 Å². The van der Waals surface area contributed by atoms with Crippen molar-refractivity contribution in [2.75, 3.05) is 31.9 Å². The van der Waals surface area contributed by atoms with E-state index in [4.69, 9.17) is 15.2 Å². The molecule has 19 heavy (non-hydrogen) atoms. The molecule has 0 fully saturated rings. The molecule has 0 saturated carbocycles. The van der Waals surface area contributed by atoms with Crippen molar-refractivity contribution in [3.05, 3.63) is 23.8 Å². The molecular formula is C14H20N2O3. The van der Waals surface area contributed by atoms with E-state index in [0.29, 0.717) is 12.3 Å². The van der Waals surface area contributed by atoms with E-state index in [1.807, 2.05) is 18.2 Å². The zero-order chi connectivity index (χ0) is 14.0. The Bertz CT molecular complexity index is 486. The number of nitrogens with zero attached hydrogens (tertiary/aromatic N) is 1. The smallest absolute Gasteiger partial charge is 0.266 e. The fourth-order valence-electron chi connectivity index (χ4n) is 2.01. The molecule has 0 radical (unpaired) electrons. The first-order chi connectivity index (χ1) is 8.99. The molecule has 0 atom stereocenters. The van der Waals surface area contributed by atoms with Gasteiger partial charge in [-0.25, -0.2) is 0 Å². The van der Waals surface area contributed by atoms with Crippen LogP contribution in [0.5, 0.6) is 5.75 Å². The highest BCUT2D eigenvalue weighted by Gasteiger charge is 2.28. The van der Waals surface area contributed by atoms with Gasteiger partial charge in [-0.05, 0) is 17.7 Å². The standard InChI is InChI=1S/C14H20N2O3/c1-14(2,8-15)10-4-5-12-11(6-10)16(9-18-3)13(17)7-19-12/h4-6H,7-9,15H2,1-3H3. The number of anilines is 1. The summed E-state index contributed by atoms with van der Waals surface area (Å²) in [5.41, 5.74) is 7.48. The highest BCUT2D eigenvalue weighted by atomic mass is 16.5. The van der Waals surface area contributed by atoms with Crippen molar-refractivity contribution in [1.82, 2.24) is 0 Å². The van der Waals surface area contributed by atoms with Gasteiger partial charge in [0.2, 0.25) is 0 Å². The Morgan fingerprint density at radius 1 is 1.47 bits per heavy atom. The van der Waals surface area contributed by atoms with Crippen molar-refractivity contribution < 1.29 is 14.3 Å². The topological polar surface area (TPSA) is 64.8 Å². The fourth-order valence-corrected chi connectivity index (χ4v) is 2.01. The highest BCUT2D eigenvalue weighted by molar-refractivity contribution is 5.97. The second-order valence-corrected chi connectivity index (χ2v) is 5.30. The van der Waals surface area contributed by atoms with E-state index in [2.05, 4.69) is 13.8 Å². The summed E-state index contributed by atoms with van der Waals surface area (Å²) in [7, 11) is 1.57. The number of ether oxygens (including phenoxy) is 2. The average Bonchev–Trinajstić information content (AvgIpc) is 2.41. The third-order valence-corrected chi connectivity index (χ3v) is 3.45. The van der Waals surface area contributed by atoms with Gasteiger partial charge in [-0.1, -0.05) is 19.9 Å². The summed E-state index contributed by atoms with van der Waals surface area (Å²) in [4.78, 5) is 13.5. The molecule has 1 aliphatic heterocycles. The maximum Gasteiger partial charge on any atom is 0.266 e. The number of benzene rings is 1. The molecule has 1 aromatic carbocycles.